The summed E-state index contributed by atoms with van der Waals surface area (Å²) in [4.78, 5) is 14.2. The lowest BCUT2D eigenvalue weighted by molar-refractivity contribution is 0.0694. The van der Waals surface area contributed by atoms with Crippen LogP contribution < -0.4 is 0 Å². The third-order valence-electron chi connectivity index (χ3n) is 3.34. The summed E-state index contributed by atoms with van der Waals surface area (Å²) in [6.07, 6.45) is 3.41. The van der Waals surface area contributed by atoms with E-state index in [4.69, 9.17) is 4.42 Å². The molecule has 4 heteroatoms. The Kier molecular flexibility index (Phi) is 3.12. The van der Waals surface area contributed by atoms with E-state index in [1.54, 1.807) is 0 Å². The van der Waals surface area contributed by atoms with Gasteiger partial charge in [-0.05, 0) is 43.5 Å². The highest BCUT2D eigenvalue weighted by Gasteiger charge is 2.21. The third-order valence-corrected chi connectivity index (χ3v) is 3.83. The van der Waals surface area contributed by atoms with Crippen LogP contribution in [0.3, 0.4) is 0 Å². The number of amides is 1. The molecule has 1 aromatic heterocycles. The van der Waals surface area contributed by atoms with Crippen molar-refractivity contribution in [1.82, 2.24) is 4.90 Å². The number of likely N-dealkylation sites (tertiary alicyclic amines) is 1. The number of piperidine rings is 1. The quantitative estimate of drug-likeness (QED) is 0.802. The van der Waals surface area contributed by atoms with E-state index < -0.39 is 0 Å². The number of furan rings is 1. The van der Waals surface area contributed by atoms with Gasteiger partial charge < -0.3 is 9.32 Å². The van der Waals surface area contributed by atoms with E-state index in [0.717, 1.165) is 41.4 Å². The van der Waals surface area contributed by atoms with Crippen LogP contribution in [0.2, 0.25) is 0 Å². The Hall–Kier alpha value is -1.29. The van der Waals surface area contributed by atoms with Crippen molar-refractivity contribution < 1.29 is 9.21 Å². The van der Waals surface area contributed by atoms with Crippen LogP contribution in [0.15, 0.2) is 33.2 Å². The maximum atomic E-state index is 12.3. The predicted octanol–water partition coefficient (Wildman–Crippen LogP) is 3.82. The Morgan fingerprint density at radius 3 is 2.72 bits per heavy atom. The summed E-state index contributed by atoms with van der Waals surface area (Å²) >= 11 is 3.40. The number of hydrogen-bond acceptors (Lipinski definition) is 2. The molecular formula is C14H14BrNO2. The highest BCUT2D eigenvalue weighted by molar-refractivity contribution is 9.10. The highest BCUT2D eigenvalue weighted by atomic mass is 79.9. The summed E-state index contributed by atoms with van der Waals surface area (Å²) in [5.41, 5.74) is 0.754. The van der Waals surface area contributed by atoms with Gasteiger partial charge in [-0.3, -0.25) is 4.79 Å². The SMILES string of the molecule is O=C(c1cc2ccc(Br)cc2o1)N1CCCCC1. The molecule has 94 valence electrons. The first-order valence-corrected chi connectivity index (χ1v) is 7.02. The van der Waals surface area contributed by atoms with Crippen LogP contribution in [0, 0.1) is 0 Å². The van der Waals surface area contributed by atoms with Crippen LogP contribution in [-0.2, 0) is 0 Å². The van der Waals surface area contributed by atoms with E-state index >= 15 is 0 Å². The second-order valence-electron chi connectivity index (χ2n) is 4.65. The van der Waals surface area contributed by atoms with Crippen molar-refractivity contribution in [3.05, 3.63) is 34.5 Å². The van der Waals surface area contributed by atoms with Crippen molar-refractivity contribution in [2.45, 2.75) is 19.3 Å². The summed E-state index contributed by atoms with van der Waals surface area (Å²) in [6.45, 7) is 1.69. The minimum atomic E-state index is 0.0158. The van der Waals surface area contributed by atoms with Crippen LogP contribution in [-0.4, -0.2) is 23.9 Å². The molecule has 1 aromatic carbocycles. The molecule has 1 aliphatic rings. The lowest BCUT2D eigenvalue weighted by Crippen LogP contribution is -2.35. The van der Waals surface area contributed by atoms with Gasteiger partial charge in [0.2, 0.25) is 0 Å². The molecule has 3 nitrogen and oxygen atoms in total. The van der Waals surface area contributed by atoms with Crippen LogP contribution in [0.1, 0.15) is 29.8 Å². The van der Waals surface area contributed by atoms with E-state index in [1.807, 2.05) is 29.2 Å². The number of rotatable bonds is 1. The van der Waals surface area contributed by atoms with Crippen molar-refractivity contribution in [1.29, 1.82) is 0 Å². The van der Waals surface area contributed by atoms with E-state index in [9.17, 15) is 4.79 Å². The summed E-state index contributed by atoms with van der Waals surface area (Å²) in [5, 5.41) is 0.971. The molecule has 2 heterocycles. The van der Waals surface area contributed by atoms with Crippen LogP contribution in [0.4, 0.5) is 0 Å². The zero-order chi connectivity index (χ0) is 12.5. The summed E-state index contributed by atoms with van der Waals surface area (Å²) in [6, 6.07) is 7.63. The Bertz CT molecular complexity index is 584. The Morgan fingerprint density at radius 1 is 1.17 bits per heavy atom. The average Bonchev–Trinajstić information content (AvgIpc) is 2.81. The van der Waals surface area contributed by atoms with Crippen molar-refractivity contribution >= 4 is 32.8 Å². The standard InChI is InChI=1S/C14H14BrNO2/c15-11-5-4-10-8-13(18-12(10)9-11)14(17)16-6-2-1-3-7-16/h4-5,8-9H,1-3,6-7H2. The molecule has 1 fully saturated rings. The first-order chi connectivity index (χ1) is 8.74. The Morgan fingerprint density at radius 2 is 1.94 bits per heavy atom. The number of benzene rings is 1. The monoisotopic (exact) mass is 307 g/mol. The molecule has 2 aromatic rings. The molecule has 0 aliphatic carbocycles. The van der Waals surface area contributed by atoms with Gasteiger partial charge in [0.1, 0.15) is 5.58 Å². The molecule has 0 radical (unpaired) electrons. The first-order valence-electron chi connectivity index (χ1n) is 6.22. The molecule has 1 saturated heterocycles. The normalized spacial score (nSPS) is 16.2. The third kappa shape index (κ3) is 2.17. The van der Waals surface area contributed by atoms with E-state index in [1.165, 1.54) is 6.42 Å². The van der Waals surface area contributed by atoms with Crippen molar-refractivity contribution in [3.63, 3.8) is 0 Å². The van der Waals surface area contributed by atoms with Crippen molar-refractivity contribution in [3.8, 4) is 0 Å². The van der Waals surface area contributed by atoms with Gasteiger partial charge in [-0.15, -0.1) is 0 Å². The predicted molar refractivity (Wildman–Crippen MR) is 73.7 cm³/mol. The van der Waals surface area contributed by atoms with Gasteiger partial charge in [0.15, 0.2) is 5.76 Å². The average molecular weight is 308 g/mol. The van der Waals surface area contributed by atoms with Gasteiger partial charge in [-0.1, -0.05) is 15.9 Å². The van der Waals surface area contributed by atoms with E-state index in [2.05, 4.69) is 15.9 Å². The lowest BCUT2D eigenvalue weighted by atomic mass is 10.1. The van der Waals surface area contributed by atoms with Crippen molar-refractivity contribution in [2.75, 3.05) is 13.1 Å². The van der Waals surface area contributed by atoms with Crippen LogP contribution >= 0.6 is 15.9 Å². The molecule has 18 heavy (non-hydrogen) atoms. The van der Waals surface area contributed by atoms with Gasteiger partial charge in [0, 0.05) is 22.9 Å². The molecule has 0 N–H and O–H groups in total. The van der Waals surface area contributed by atoms with Gasteiger partial charge >= 0.3 is 0 Å². The smallest absolute Gasteiger partial charge is 0.289 e. The van der Waals surface area contributed by atoms with Crippen molar-refractivity contribution in [2.24, 2.45) is 0 Å². The Labute approximate surface area is 114 Å². The minimum absolute atomic E-state index is 0.0158. The molecule has 0 unspecified atom stereocenters. The summed E-state index contributed by atoms with van der Waals surface area (Å²) < 4.78 is 6.60. The molecule has 0 bridgehead atoms. The fourth-order valence-electron chi connectivity index (χ4n) is 2.36. The van der Waals surface area contributed by atoms with Gasteiger partial charge in [-0.2, -0.15) is 0 Å². The zero-order valence-corrected chi connectivity index (χ0v) is 11.6. The fraction of sp³-hybridized carbons (Fsp3) is 0.357. The molecule has 3 rings (SSSR count). The van der Waals surface area contributed by atoms with Gasteiger partial charge in [0.25, 0.3) is 5.91 Å². The molecule has 0 atom stereocenters. The molecular weight excluding hydrogens is 294 g/mol. The topological polar surface area (TPSA) is 33.5 Å². The molecule has 0 saturated carbocycles. The van der Waals surface area contributed by atoms with E-state index in [-0.39, 0.29) is 5.91 Å². The van der Waals surface area contributed by atoms with E-state index in [0.29, 0.717) is 5.76 Å². The minimum Gasteiger partial charge on any atom is -0.451 e. The zero-order valence-electron chi connectivity index (χ0n) is 9.99. The number of fused-ring (bicyclic) bond motifs is 1. The maximum absolute atomic E-state index is 12.3. The Balaban J connectivity index is 1.91. The number of halogens is 1. The lowest BCUT2D eigenvalue weighted by Gasteiger charge is -2.25. The second kappa shape index (κ2) is 4.76. The molecule has 1 aliphatic heterocycles. The van der Waals surface area contributed by atoms with Gasteiger partial charge in [-0.25, -0.2) is 0 Å². The first kappa shape index (κ1) is 11.8. The number of nitrogens with zero attached hydrogens (tertiary/aromatic N) is 1. The molecule has 1 amide bonds. The number of carbonyl (C=O) groups excluding carboxylic acids is 1. The molecule has 0 spiro atoms. The largest absolute Gasteiger partial charge is 0.451 e. The summed E-state index contributed by atoms with van der Waals surface area (Å²) in [7, 11) is 0. The van der Waals surface area contributed by atoms with Crippen LogP contribution in [0.5, 0.6) is 0 Å². The summed E-state index contributed by atoms with van der Waals surface area (Å²) in [5.74, 6) is 0.465. The van der Waals surface area contributed by atoms with Crippen LogP contribution in [0.25, 0.3) is 11.0 Å². The maximum Gasteiger partial charge on any atom is 0.289 e. The highest BCUT2D eigenvalue weighted by Crippen LogP contribution is 2.24. The number of hydrogen-bond donors (Lipinski definition) is 0. The van der Waals surface area contributed by atoms with Gasteiger partial charge in [0.05, 0.1) is 0 Å². The number of carbonyl (C=O) groups is 1. The fourth-order valence-corrected chi connectivity index (χ4v) is 2.70. The second-order valence-corrected chi connectivity index (χ2v) is 5.56.